The summed E-state index contributed by atoms with van der Waals surface area (Å²) in [5, 5.41) is 10.7. The number of likely N-dealkylation sites (N-methyl/N-ethyl adjacent to an activating group) is 1. The highest BCUT2D eigenvalue weighted by Crippen LogP contribution is 2.15. The molecule has 0 radical (unpaired) electrons. The molecule has 112 valence electrons. The number of aromatic amines is 1. The molecular formula is C17H18N4O. The molecule has 3 rings (SSSR count). The molecule has 0 aliphatic rings. The molecule has 2 aromatic carbocycles. The van der Waals surface area contributed by atoms with Crippen LogP contribution in [0.3, 0.4) is 0 Å². The van der Waals surface area contributed by atoms with Gasteiger partial charge in [0.25, 0.3) is 5.91 Å². The lowest BCUT2D eigenvalue weighted by atomic mass is 10.1. The number of carbonyl (C=O) groups excluding carboxylic acids is 1. The zero-order valence-corrected chi connectivity index (χ0v) is 12.4. The van der Waals surface area contributed by atoms with Gasteiger partial charge in [-0.3, -0.25) is 9.89 Å². The van der Waals surface area contributed by atoms with E-state index in [9.17, 15) is 4.79 Å². The summed E-state index contributed by atoms with van der Waals surface area (Å²) in [7, 11) is 2.01. The number of benzene rings is 2. The van der Waals surface area contributed by atoms with E-state index in [0.29, 0.717) is 12.1 Å². The highest BCUT2D eigenvalue weighted by atomic mass is 16.1. The van der Waals surface area contributed by atoms with Crippen LogP contribution in [0.25, 0.3) is 10.9 Å². The molecule has 3 aromatic rings. The van der Waals surface area contributed by atoms with Crippen LogP contribution in [-0.2, 0) is 0 Å². The summed E-state index contributed by atoms with van der Waals surface area (Å²) < 4.78 is 0. The first-order chi connectivity index (χ1) is 10.8. The van der Waals surface area contributed by atoms with E-state index in [2.05, 4.69) is 20.4 Å². The molecule has 0 aliphatic heterocycles. The van der Waals surface area contributed by atoms with Crippen LogP contribution in [0, 0.1) is 0 Å². The average molecular weight is 294 g/mol. The first-order valence-corrected chi connectivity index (χ1v) is 7.22. The average Bonchev–Trinajstić information content (AvgIpc) is 3.04. The van der Waals surface area contributed by atoms with Crippen LogP contribution in [0.1, 0.15) is 10.4 Å². The van der Waals surface area contributed by atoms with Crippen LogP contribution in [0.2, 0.25) is 0 Å². The fourth-order valence-electron chi connectivity index (χ4n) is 2.40. The van der Waals surface area contributed by atoms with Crippen molar-refractivity contribution in [3.63, 3.8) is 0 Å². The third kappa shape index (κ3) is 2.93. The first-order valence-electron chi connectivity index (χ1n) is 7.22. The molecule has 1 aromatic heterocycles. The number of rotatable bonds is 5. The van der Waals surface area contributed by atoms with Crippen molar-refractivity contribution in [3.8, 4) is 0 Å². The van der Waals surface area contributed by atoms with E-state index >= 15 is 0 Å². The fraction of sp³-hybridized carbons (Fsp3) is 0.176. The van der Waals surface area contributed by atoms with Crippen molar-refractivity contribution >= 4 is 22.5 Å². The molecule has 0 fully saturated rings. The Bertz CT molecular complexity index is 766. The molecule has 1 amide bonds. The standard InChI is InChI=1S/C17H18N4O/c1-21(14-7-3-2-4-8-14)11-10-18-17(22)15-9-5-6-13-12-19-20-16(13)15/h2-9,12H,10-11H2,1H3,(H,18,22)(H,19,20). The second-order valence-electron chi connectivity index (χ2n) is 5.15. The Morgan fingerprint density at radius 1 is 1.18 bits per heavy atom. The van der Waals surface area contributed by atoms with Gasteiger partial charge in [-0.2, -0.15) is 5.10 Å². The summed E-state index contributed by atoms with van der Waals surface area (Å²) in [5.74, 6) is -0.0867. The van der Waals surface area contributed by atoms with Gasteiger partial charge in [-0.25, -0.2) is 0 Å². The molecule has 0 saturated carbocycles. The highest BCUT2D eigenvalue weighted by Gasteiger charge is 2.10. The zero-order valence-electron chi connectivity index (χ0n) is 12.4. The van der Waals surface area contributed by atoms with Gasteiger partial charge in [0.1, 0.15) is 0 Å². The molecule has 0 atom stereocenters. The van der Waals surface area contributed by atoms with Gasteiger partial charge in [0.15, 0.2) is 0 Å². The SMILES string of the molecule is CN(CCNC(=O)c1cccc2cn[nH]c12)c1ccccc1. The van der Waals surface area contributed by atoms with E-state index in [1.54, 1.807) is 12.3 Å². The maximum Gasteiger partial charge on any atom is 0.253 e. The molecule has 1 heterocycles. The maximum atomic E-state index is 12.3. The largest absolute Gasteiger partial charge is 0.373 e. The summed E-state index contributed by atoms with van der Waals surface area (Å²) in [5.41, 5.74) is 2.53. The van der Waals surface area contributed by atoms with E-state index in [0.717, 1.165) is 23.1 Å². The molecule has 0 saturated heterocycles. The van der Waals surface area contributed by atoms with Gasteiger partial charge in [0.05, 0.1) is 17.3 Å². The monoisotopic (exact) mass is 294 g/mol. The topological polar surface area (TPSA) is 61.0 Å². The Hall–Kier alpha value is -2.82. The minimum atomic E-state index is -0.0867. The van der Waals surface area contributed by atoms with Gasteiger partial charge < -0.3 is 10.2 Å². The predicted molar refractivity (Wildman–Crippen MR) is 88.1 cm³/mol. The molecule has 5 nitrogen and oxygen atoms in total. The van der Waals surface area contributed by atoms with Gasteiger partial charge in [-0.05, 0) is 18.2 Å². The summed E-state index contributed by atoms with van der Waals surface area (Å²) in [4.78, 5) is 14.4. The number of aromatic nitrogens is 2. The summed E-state index contributed by atoms with van der Waals surface area (Å²) >= 11 is 0. The third-order valence-corrected chi connectivity index (χ3v) is 3.65. The van der Waals surface area contributed by atoms with Gasteiger partial charge >= 0.3 is 0 Å². The van der Waals surface area contributed by atoms with Gasteiger partial charge in [-0.15, -0.1) is 0 Å². The number of H-pyrrole nitrogens is 1. The van der Waals surface area contributed by atoms with Crippen LogP contribution in [0.15, 0.2) is 54.7 Å². The van der Waals surface area contributed by atoms with Crippen molar-refractivity contribution in [2.24, 2.45) is 0 Å². The van der Waals surface area contributed by atoms with Crippen LogP contribution in [0.4, 0.5) is 5.69 Å². The lowest BCUT2D eigenvalue weighted by molar-refractivity contribution is 0.0956. The highest BCUT2D eigenvalue weighted by molar-refractivity contribution is 6.05. The number of carbonyl (C=O) groups is 1. The summed E-state index contributed by atoms with van der Waals surface area (Å²) in [6.07, 6.45) is 1.72. The van der Waals surface area contributed by atoms with Crippen molar-refractivity contribution in [1.82, 2.24) is 15.5 Å². The molecular weight excluding hydrogens is 276 g/mol. The Morgan fingerprint density at radius 3 is 2.82 bits per heavy atom. The van der Waals surface area contributed by atoms with Crippen LogP contribution < -0.4 is 10.2 Å². The smallest absolute Gasteiger partial charge is 0.253 e. The molecule has 0 unspecified atom stereocenters. The normalized spacial score (nSPS) is 10.6. The summed E-state index contributed by atoms with van der Waals surface area (Å²) in [6, 6.07) is 15.7. The Morgan fingerprint density at radius 2 is 2.00 bits per heavy atom. The Balaban J connectivity index is 1.60. The van der Waals surface area contributed by atoms with Crippen molar-refractivity contribution in [3.05, 3.63) is 60.3 Å². The second kappa shape index (κ2) is 6.30. The van der Waals surface area contributed by atoms with Crippen molar-refractivity contribution < 1.29 is 4.79 Å². The van der Waals surface area contributed by atoms with E-state index in [-0.39, 0.29) is 5.91 Å². The molecule has 0 bridgehead atoms. The predicted octanol–water partition coefficient (Wildman–Crippen LogP) is 2.43. The minimum absolute atomic E-state index is 0.0867. The summed E-state index contributed by atoms with van der Waals surface area (Å²) in [6.45, 7) is 1.32. The van der Waals surface area contributed by atoms with Gasteiger partial charge in [-0.1, -0.05) is 30.3 Å². The number of para-hydroxylation sites is 2. The number of nitrogens with one attached hydrogen (secondary N) is 2. The van der Waals surface area contributed by atoms with Crippen molar-refractivity contribution in [2.75, 3.05) is 25.0 Å². The maximum absolute atomic E-state index is 12.3. The molecule has 5 heteroatoms. The van der Waals surface area contributed by atoms with E-state index < -0.39 is 0 Å². The quantitative estimate of drug-likeness (QED) is 0.760. The lowest BCUT2D eigenvalue weighted by Gasteiger charge is -2.19. The van der Waals surface area contributed by atoms with Crippen LogP contribution in [-0.4, -0.2) is 36.2 Å². The number of hydrogen-bond donors (Lipinski definition) is 2. The number of anilines is 1. The van der Waals surface area contributed by atoms with Gasteiger partial charge in [0, 0.05) is 31.2 Å². The number of nitrogens with zero attached hydrogens (tertiary/aromatic N) is 2. The number of hydrogen-bond acceptors (Lipinski definition) is 3. The van der Waals surface area contributed by atoms with Crippen molar-refractivity contribution in [1.29, 1.82) is 0 Å². The minimum Gasteiger partial charge on any atom is -0.373 e. The molecule has 0 spiro atoms. The fourth-order valence-corrected chi connectivity index (χ4v) is 2.40. The Labute approximate surface area is 128 Å². The van der Waals surface area contributed by atoms with Crippen molar-refractivity contribution in [2.45, 2.75) is 0 Å². The Kier molecular flexibility index (Phi) is 4.05. The van der Waals surface area contributed by atoms with Gasteiger partial charge in [0.2, 0.25) is 0 Å². The second-order valence-corrected chi connectivity index (χ2v) is 5.15. The lowest BCUT2D eigenvalue weighted by Crippen LogP contribution is -2.33. The van der Waals surface area contributed by atoms with E-state index in [4.69, 9.17) is 0 Å². The number of fused-ring (bicyclic) bond motifs is 1. The molecule has 22 heavy (non-hydrogen) atoms. The van der Waals surface area contributed by atoms with Crippen LogP contribution in [0.5, 0.6) is 0 Å². The van der Waals surface area contributed by atoms with E-state index in [1.165, 1.54) is 0 Å². The third-order valence-electron chi connectivity index (χ3n) is 3.65. The first kappa shape index (κ1) is 14.1. The van der Waals surface area contributed by atoms with Crippen LogP contribution >= 0.6 is 0 Å². The van der Waals surface area contributed by atoms with E-state index in [1.807, 2.05) is 49.5 Å². The molecule has 2 N–H and O–H groups in total. The zero-order chi connectivity index (χ0) is 15.4. The molecule has 0 aliphatic carbocycles. The number of amides is 1.